The van der Waals surface area contributed by atoms with Crippen molar-refractivity contribution in [3.05, 3.63) is 0 Å². The number of hydrogen-bond acceptors (Lipinski definition) is 2. The predicted molar refractivity (Wildman–Crippen MR) is 53.2 cm³/mol. The highest BCUT2D eigenvalue weighted by atomic mass is 15.0. The van der Waals surface area contributed by atoms with Gasteiger partial charge in [0.15, 0.2) is 0 Å². The summed E-state index contributed by atoms with van der Waals surface area (Å²) in [5.41, 5.74) is 5.15. The minimum absolute atomic E-state index is 0.0628. The molecule has 0 aliphatic carbocycles. The molecule has 0 aliphatic heterocycles. The van der Waals surface area contributed by atoms with Crippen molar-refractivity contribution in [3.63, 3.8) is 0 Å². The minimum atomic E-state index is -0.0628. The fourth-order valence-corrected chi connectivity index (χ4v) is 0.684. The van der Waals surface area contributed by atoms with Crippen LogP contribution in [0.3, 0.4) is 0 Å². The van der Waals surface area contributed by atoms with E-state index in [-0.39, 0.29) is 12.0 Å². The van der Waals surface area contributed by atoms with Crippen molar-refractivity contribution < 1.29 is 0 Å². The quantitative estimate of drug-likeness (QED) is 0.480. The Kier molecular flexibility index (Phi) is 4.92. The zero-order chi connectivity index (χ0) is 9.56. The van der Waals surface area contributed by atoms with Gasteiger partial charge >= 0.3 is 0 Å². The van der Waals surface area contributed by atoms with Crippen LogP contribution in [0, 0.1) is 11.3 Å². The Labute approximate surface area is 73.1 Å². The standard InChI is InChI=1S/C8H16N4/c1-6(2)12-8(11-5-10)7(3)4-9/h4-7,9H,1-3H3,(H2,10,11,12). The van der Waals surface area contributed by atoms with E-state index >= 15 is 0 Å². The van der Waals surface area contributed by atoms with Crippen LogP contribution in [-0.2, 0) is 0 Å². The molecule has 0 bridgehead atoms. The van der Waals surface area contributed by atoms with Gasteiger partial charge in [-0.1, -0.05) is 6.92 Å². The van der Waals surface area contributed by atoms with Crippen LogP contribution in [-0.4, -0.2) is 24.4 Å². The van der Waals surface area contributed by atoms with Crippen molar-refractivity contribution in [3.8, 4) is 0 Å². The van der Waals surface area contributed by atoms with Gasteiger partial charge < -0.3 is 11.1 Å². The molecule has 0 aromatic rings. The van der Waals surface area contributed by atoms with Crippen molar-refractivity contribution in [1.29, 1.82) is 5.41 Å². The molecule has 0 radical (unpaired) electrons. The van der Waals surface area contributed by atoms with E-state index in [1.54, 1.807) is 0 Å². The molecule has 0 aliphatic rings. The highest BCUT2D eigenvalue weighted by Crippen LogP contribution is 1.99. The van der Waals surface area contributed by atoms with Crippen molar-refractivity contribution in [2.24, 2.45) is 21.6 Å². The van der Waals surface area contributed by atoms with Gasteiger partial charge in [0.05, 0.1) is 12.3 Å². The molecular formula is C8H16N4. The molecule has 0 heterocycles. The first kappa shape index (κ1) is 10.8. The maximum Gasteiger partial charge on any atom is 0.133 e. The average molecular weight is 168 g/mol. The first-order valence-electron chi connectivity index (χ1n) is 3.94. The third-order valence-corrected chi connectivity index (χ3v) is 1.25. The molecule has 0 saturated carbocycles. The molecule has 0 saturated heterocycles. The van der Waals surface area contributed by atoms with Crippen molar-refractivity contribution in [2.45, 2.75) is 26.8 Å². The smallest absolute Gasteiger partial charge is 0.133 e. The summed E-state index contributed by atoms with van der Waals surface area (Å²) in [5, 5.41) is 7.04. The van der Waals surface area contributed by atoms with Gasteiger partial charge in [0.25, 0.3) is 0 Å². The van der Waals surface area contributed by atoms with Crippen LogP contribution in [0.2, 0.25) is 0 Å². The van der Waals surface area contributed by atoms with Crippen molar-refractivity contribution >= 4 is 18.4 Å². The molecule has 0 amide bonds. The van der Waals surface area contributed by atoms with Crippen molar-refractivity contribution in [2.75, 3.05) is 0 Å². The number of hydrogen-bond donors (Lipinski definition) is 2. The molecule has 1 unspecified atom stereocenters. The lowest BCUT2D eigenvalue weighted by atomic mass is 10.2. The molecule has 68 valence electrons. The number of rotatable bonds is 3. The van der Waals surface area contributed by atoms with Crippen molar-refractivity contribution in [1.82, 2.24) is 0 Å². The fourth-order valence-electron chi connectivity index (χ4n) is 0.684. The Morgan fingerprint density at radius 2 is 2.00 bits per heavy atom. The molecule has 0 aromatic heterocycles. The zero-order valence-electron chi connectivity index (χ0n) is 7.78. The summed E-state index contributed by atoms with van der Waals surface area (Å²) in [6.45, 7) is 5.78. The van der Waals surface area contributed by atoms with Crippen LogP contribution in [0.5, 0.6) is 0 Å². The van der Waals surface area contributed by atoms with Crippen LogP contribution in [0.25, 0.3) is 0 Å². The molecule has 4 heteroatoms. The van der Waals surface area contributed by atoms with Gasteiger partial charge in [-0.2, -0.15) is 0 Å². The van der Waals surface area contributed by atoms with Crippen LogP contribution in [0.4, 0.5) is 0 Å². The Hall–Kier alpha value is -1.19. The lowest BCUT2D eigenvalue weighted by molar-refractivity contribution is 0.820. The molecule has 1 atom stereocenters. The number of aliphatic imine (C=N–C) groups is 2. The Balaban J connectivity index is 4.53. The summed E-state index contributed by atoms with van der Waals surface area (Å²) < 4.78 is 0. The molecule has 4 nitrogen and oxygen atoms in total. The first-order valence-corrected chi connectivity index (χ1v) is 3.94. The van der Waals surface area contributed by atoms with Gasteiger partial charge in [-0.05, 0) is 13.8 Å². The van der Waals surface area contributed by atoms with Crippen LogP contribution < -0.4 is 5.73 Å². The monoisotopic (exact) mass is 168 g/mol. The predicted octanol–water partition coefficient (Wildman–Crippen LogP) is 1.07. The van der Waals surface area contributed by atoms with Gasteiger partial charge in [-0.15, -0.1) is 0 Å². The second-order valence-electron chi connectivity index (χ2n) is 2.81. The van der Waals surface area contributed by atoms with Crippen LogP contribution >= 0.6 is 0 Å². The number of amidine groups is 1. The molecule has 3 N–H and O–H groups in total. The maximum absolute atomic E-state index is 7.04. The normalized spacial score (nSPS) is 15.5. The third-order valence-electron chi connectivity index (χ3n) is 1.25. The third kappa shape index (κ3) is 3.85. The van der Waals surface area contributed by atoms with E-state index in [9.17, 15) is 0 Å². The van der Waals surface area contributed by atoms with E-state index in [0.29, 0.717) is 5.84 Å². The van der Waals surface area contributed by atoms with E-state index in [2.05, 4.69) is 9.98 Å². The summed E-state index contributed by atoms with van der Waals surface area (Å²) in [5.74, 6) is 0.551. The summed E-state index contributed by atoms with van der Waals surface area (Å²) in [7, 11) is 0. The molecule has 0 spiro atoms. The largest absolute Gasteiger partial charge is 0.390 e. The van der Waals surface area contributed by atoms with Gasteiger partial charge in [-0.3, -0.25) is 4.99 Å². The second kappa shape index (κ2) is 5.46. The Bertz CT molecular complexity index is 193. The second-order valence-corrected chi connectivity index (χ2v) is 2.81. The average Bonchev–Trinajstić information content (AvgIpc) is 2.01. The fraction of sp³-hybridized carbons (Fsp3) is 0.625. The highest BCUT2D eigenvalue weighted by Gasteiger charge is 2.05. The first-order chi connectivity index (χ1) is 5.61. The summed E-state index contributed by atoms with van der Waals surface area (Å²) in [6.07, 6.45) is 2.51. The zero-order valence-corrected chi connectivity index (χ0v) is 7.78. The Morgan fingerprint density at radius 1 is 1.42 bits per heavy atom. The SMILES string of the molecule is CC(C)N=C(N=CN)C(C)C=N. The molecule has 0 fully saturated rings. The van der Waals surface area contributed by atoms with E-state index < -0.39 is 0 Å². The van der Waals surface area contributed by atoms with E-state index in [1.807, 2.05) is 20.8 Å². The minimum Gasteiger partial charge on any atom is -0.390 e. The molecular weight excluding hydrogens is 152 g/mol. The molecule has 0 aromatic carbocycles. The lowest BCUT2D eigenvalue weighted by Crippen LogP contribution is -2.13. The summed E-state index contributed by atoms with van der Waals surface area (Å²) >= 11 is 0. The molecule has 12 heavy (non-hydrogen) atoms. The van der Waals surface area contributed by atoms with E-state index in [1.165, 1.54) is 12.6 Å². The number of nitrogens with zero attached hydrogens (tertiary/aromatic N) is 2. The Morgan fingerprint density at radius 3 is 2.33 bits per heavy atom. The topological polar surface area (TPSA) is 74.6 Å². The summed E-state index contributed by atoms with van der Waals surface area (Å²) in [6, 6.07) is 0.186. The maximum atomic E-state index is 7.04. The summed E-state index contributed by atoms with van der Waals surface area (Å²) in [4.78, 5) is 8.11. The molecule has 0 rings (SSSR count). The number of nitrogens with one attached hydrogen (secondary N) is 1. The van der Waals surface area contributed by atoms with Crippen LogP contribution in [0.15, 0.2) is 9.98 Å². The van der Waals surface area contributed by atoms with E-state index in [4.69, 9.17) is 11.1 Å². The number of nitrogens with two attached hydrogens (primary N) is 1. The lowest BCUT2D eigenvalue weighted by Gasteiger charge is -2.05. The highest BCUT2D eigenvalue weighted by molar-refractivity contribution is 5.99. The van der Waals surface area contributed by atoms with Gasteiger partial charge in [0.2, 0.25) is 0 Å². The van der Waals surface area contributed by atoms with Gasteiger partial charge in [0.1, 0.15) is 5.84 Å². The van der Waals surface area contributed by atoms with Crippen LogP contribution in [0.1, 0.15) is 20.8 Å². The van der Waals surface area contributed by atoms with E-state index in [0.717, 1.165) is 0 Å². The van der Waals surface area contributed by atoms with Gasteiger partial charge in [-0.25, -0.2) is 4.99 Å². The van der Waals surface area contributed by atoms with Gasteiger partial charge in [0, 0.05) is 12.3 Å².